The molecule has 1 fully saturated rings. The van der Waals surface area contributed by atoms with Gasteiger partial charge in [0.1, 0.15) is 14.8 Å². The largest absolute Gasteiger partial charge is 0.345 e. The fourth-order valence-corrected chi connectivity index (χ4v) is 7.67. The van der Waals surface area contributed by atoms with Crippen LogP contribution in [0.3, 0.4) is 0 Å². The number of nitrogens with zero attached hydrogens (tertiary/aromatic N) is 3. The van der Waals surface area contributed by atoms with Crippen molar-refractivity contribution in [2.75, 3.05) is 13.1 Å². The number of aromatic nitrogens is 2. The standard InChI is InChI=1S/C25H30N4O3S2/c1-16-23(25(30)29-13-6-7-14-29)33-24(26-16)21-15-22(17(2)28(21)3)34(31,32)27-20-12-8-10-18-9-4-5-11-19(18)20/h4-5,9,11,15,20,27H,6-8,10,12-14H2,1-3H3/t20-/m0/s1. The van der Waals surface area contributed by atoms with Crippen LogP contribution in [0.15, 0.2) is 35.2 Å². The number of rotatable bonds is 5. The SMILES string of the molecule is Cc1nc(-c2cc(S(=O)(=O)N[C@H]3CCCc4ccccc43)c(C)n2C)sc1C(=O)N1CCCC1. The van der Waals surface area contributed by atoms with Gasteiger partial charge >= 0.3 is 0 Å². The lowest BCUT2D eigenvalue weighted by atomic mass is 9.88. The minimum absolute atomic E-state index is 0.0233. The van der Waals surface area contributed by atoms with Crippen molar-refractivity contribution >= 4 is 27.3 Å². The third kappa shape index (κ3) is 4.10. The minimum Gasteiger partial charge on any atom is -0.345 e. The quantitative estimate of drug-likeness (QED) is 0.567. The van der Waals surface area contributed by atoms with Gasteiger partial charge in [0.15, 0.2) is 0 Å². The maximum atomic E-state index is 13.5. The summed E-state index contributed by atoms with van der Waals surface area (Å²) in [4.78, 5) is 20.4. The fraction of sp³-hybridized carbons (Fsp3) is 0.440. The third-order valence-electron chi connectivity index (χ3n) is 7.05. The van der Waals surface area contributed by atoms with Gasteiger partial charge in [-0.2, -0.15) is 0 Å². The summed E-state index contributed by atoms with van der Waals surface area (Å²) in [5.74, 6) is 0.0233. The second-order valence-corrected chi connectivity index (χ2v) is 11.9. The Morgan fingerprint density at radius 1 is 1.15 bits per heavy atom. The molecule has 9 heteroatoms. The highest BCUT2D eigenvalue weighted by Crippen LogP contribution is 2.35. The lowest BCUT2D eigenvalue weighted by Gasteiger charge is -2.26. The van der Waals surface area contributed by atoms with Gasteiger partial charge in [0.2, 0.25) is 10.0 Å². The first-order valence-corrected chi connectivity index (χ1v) is 14.1. The summed E-state index contributed by atoms with van der Waals surface area (Å²) in [5.41, 5.74) is 4.31. The van der Waals surface area contributed by atoms with Crippen LogP contribution in [0.1, 0.15) is 63.9 Å². The number of aryl methyl sites for hydroxylation is 2. The van der Waals surface area contributed by atoms with Crippen LogP contribution in [0.4, 0.5) is 0 Å². The Labute approximate surface area is 204 Å². The molecule has 1 amide bonds. The van der Waals surface area contributed by atoms with E-state index in [1.807, 2.05) is 48.6 Å². The van der Waals surface area contributed by atoms with Crippen LogP contribution in [0, 0.1) is 13.8 Å². The number of likely N-dealkylation sites (tertiary alicyclic amines) is 1. The molecule has 3 aromatic rings. The lowest BCUT2D eigenvalue weighted by molar-refractivity contribution is 0.0796. The summed E-state index contributed by atoms with van der Waals surface area (Å²) >= 11 is 1.34. The van der Waals surface area contributed by atoms with Crippen molar-refractivity contribution in [1.29, 1.82) is 0 Å². The summed E-state index contributed by atoms with van der Waals surface area (Å²) in [5, 5.41) is 0.662. The number of hydrogen-bond donors (Lipinski definition) is 1. The molecule has 7 nitrogen and oxygen atoms in total. The van der Waals surface area contributed by atoms with Crippen molar-refractivity contribution in [3.63, 3.8) is 0 Å². The highest BCUT2D eigenvalue weighted by molar-refractivity contribution is 7.89. The minimum atomic E-state index is -3.74. The van der Waals surface area contributed by atoms with Gasteiger partial charge in [-0.3, -0.25) is 4.79 Å². The number of hydrogen-bond acceptors (Lipinski definition) is 5. The van der Waals surface area contributed by atoms with Crippen molar-refractivity contribution in [2.24, 2.45) is 7.05 Å². The van der Waals surface area contributed by atoms with Gasteiger partial charge in [-0.25, -0.2) is 18.1 Å². The molecule has 1 aliphatic carbocycles. The molecule has 0 unspecified atom stereocenters. The summed E-state index contributed by atoms with van der Waals surface area (Å²) in [6, 6.07) is 9.51. The topological polar surface area (TPSA) is 84.3 Å². The highest BCUT2D eigenvalue weighted by Gasteiger charge is 2.30. The molecule has 34 heavy (non-hydrogen) atoms. The zero-order chi connectivity index (χ0) is 24.0. The molecule has 0 bridgehead atoms. The number of carbonyl (C=O) groups is 1. The number of carbonyl (C=O) groups excluding carboxylic acids is 1. The van der Waals surface area contributed by atoms with Gasteiger partial charge in [0, 0.05) is 31.9 Å². The van der Waals surface area contributed by atoms with Crippen LogP contribution in [0.2, 0.25) is 0 Å². The Balaban J connectivity index is 1.45. The number of nitrogens with one attached hydrogen (secondary N) is 1. The van der Waals surface area contributed by atoms with Gasteiger partial charge in [-0.15, -0.1) is 11.3 Å². The normalized spacial score (nSPS) is 18.3. The molecule has 0 saturated carbocycles. The molecular weight excluding hydrogens is 468 g/mol. The molecule has 5 rings (SSSR count). The molecule has 2 aliphatic rings. The maximum Gasteiger partial charge on any atom is 0.265 e. The summed E-state index contributed by atoms with van der Waals surface area (Å²) in [7, 11) is -1.90. The van der Waals surface area contributed by atoms with Gasteiger partial charge in [0.05, 0.1) is 11.4 Å². The fourth-order valence-electron chi connectivity index (χ4n) is 5.04. The number of fused-ring (bicyclic) bond motifs is 1. The Hall–Kier alpha value is -2.49. The van der Waals surface area contributed by atoms with E-state index in [1.165, 1.54) is 16.9 Å². The van der Waals surface area contributed by atoms with Crippen molar-refractivity contribution in [2.45, 2.75) is 56.9 Å². The molecule has 1 saturated heterocycles. The maximum absolute atomic E-state index is 13.5. The third-order valence-corrected chi connectivity index (χ3v) is 9.80. The predicted octanol–water partition coefficient (Wildman–Crippen LogP) is 4.36. The summed E-state index contributed by atoms with van der Waals surface area (Å²) in [6.07, 6.45) is 4.78. The van der Waals surface area contributed by atoms with Crippen molar-refractivity contribution in [1.82, 2.24) is 19.2 Å². The van der Waals surface area contributed by atoms with Gasteiger partial charge in [-0.1, -0.05) is 24.3 Å². The van der Waals surface area contributed by atoms with Crippen LogP contribution < -0.4 is 4.72 Å². The van der Waals surface area contributed by atoms with Crippen molar-refractivity contribution < 1.29 is 13.2 Å². The monoisotopic (exact) mass is 498 g/mol. The number of benzene rings is 1. The van der Waals surface area contributed by atoms with E-state index >= 15 is 0 Å². The average Bonchev–Trinajstić information content (AvgIpc) is 3.54. The molecule has 2 aromatic heterocycles. The Bertz CT molecular complexity index is 1350. The first kappa shape index (κ1) is 23.3. The molecule has 1 atom stereocenters. The number of amides is 1. The van der Waals surface area contributed by atoms with Crippen molar-refractivity contribution in [3.05, 3.63) is 57.7 Å². The van der Waals surface area contributed by atoms with E-state index in [0.717, 1.165) is 50.8 Å². The predicted molar refractivity (Wildman–Crippen MR) is 134 cm³/mol. The second-order valence-electron chi connectivity index (χ2n) is 9.24. The number of sulfonamides is 1. The van der Waals surface area contributed by atoms with E-state index in [4.69, 9.17) is 0 Å². The molecular formula is C25H30N4O3S2. The summed E-state index contributed by atoms with van der Waals surface area (Å²) in [6.45, 7) is 5.22. The Morgan fingerprint density at radius 2 is 1.88 bits per heavy atom. The molecule has 1 aliphatic heterocycles. The van der Waals surface area contributed by atoms with Crippen LogP contribution in [0.5, 0.6) is 0 Å². The van der Waals surface area contributed by atoms with E-state index < -0.39 is 10.0 Å². The van der Waals surface area contributed by atoms with Crippen LogP contribution in [0.25, 0.3) is 10.7 Å². The van der Waals surface area contributed by atoms with Crippen LogP contribution in [-0.2, 0) is 23.5 Å². The van der Waals surface area contributed by atoms with Crippen LogP contribution in [-0.4, -0.2) is 41.9 Å². The average molecular weight is 499 g/mol. The van der Waals surface area contributed by atoms with E-state index in [9.17, 15) is 13.2 Å². The first-order chi connectivity index (χ1) is 16.3. The summed E-state index contributed by atoms with van der Waals surface area (Å²) < 4.78 is 31.8. The molecule has 1 N–H and O–H groups in total. The first-order valence-electron chi connectivity index (χ1n) is 11.8. The van der Waals surface area contributed by atoms with Crippen molar-refractivity contribution in [3.8, 4) is 10.7 Å². The van der Waals surface area contributed by atoms with Gasteiger partial charge < -0.3 is 9.47 Å². The lowest BCUT2D eigenvalue weighted by Crippen LogP contribution is -2.31. The zero-order valence-electron chi connectivity index (χ0n) is 19.8. The smallest absolute Gasteiger partial charge is 0.265 e. The Kier molecular flexibility index (Phi) is 6.12. The molecule has 0 spiro atoms. The Morgan fingerprint density at radius 3 is 2.65 bits per heavy atom. The van der Waals surface area contributed by atoms with E-state index in [2.05, 4.69) is 15.8 Å². The van der Waals surface area contributed by atoms with Crippen LogP contribution >= 0.6 is 11.3 Å². The van der Waals surface area contributed by atoms with Gasteiger partial charge in [0.25, 0.3) is 5.91 Å². The van der Waals surface area contributed by atoms with E-state index in [-0.39, 0.29) is 16.8 Å². The molecule has 1 aromatic carbocycles. The van der Waals surface area contributed by atoms with E-state index in [0.29, 0.717) is 27.0 Å². The highest BCUT2D eigenvalue weighted by atomic mass is 32.2. The zero-order valence-corrected chi connectivity index (χ0v) is 21.4. The number of thiazole rings is 1. The van der Waals surface area contributed by atoms with E-state index in [1.54, 1.807) is 6.07 Å². The molecule has 3 heterocycles. The van der Waals surface area contributed by atoms with Gasteiger partial charge in [-0.05, 0) is 63.1 Å². The molecule has 180 valence electrons. The molecule has 0 radical (unpaired) electrons. The second kappa shape index (κ2) is 8.94.